The lowest BCUT2D eigenvalue weighted by Gasteiger charge is -2.08. The monoisotopic (exact) mass is 438 g/mol. The van der Waals surface area contributed by atoms with Crippen LogP contribution in [0.1, 0.15) is 0 Å². The lowest BCUT2D eigenvalue weighted by Crippen LogP contribution is -1.97. The zero-order valence-corrected chi connectivity index (χ0v) is 18.1. The van der Waals surface area contributed by atoms with Crippen molar-refractivity contribution >= 4 is 32.7 Å². The van der Waals surface area contributed by atoms with Gasteiger partial charge in [-0.15, -0.1) is 0 Å². The van der Waals surface area contributed by atoms with Crippen LogP contribution in [0.3, 0.4) is 0 Å². The van der Waals surface area contributed by atoms with Gasteiger partial charge in [-0.1, -0.05) is 36.4 Å². The SMILES string of the molecule is c1ccc(-n2cc3cc4c(cc3n2)c2ccccc2n4-c2cnc(-c3ccncc3)nc2)cc1. The zero-order chi connectivity index (χ0) is 22.5. The van der Waals surface area contributed by atoms with E-state index in [1.807, 2.05) is 47.4 Å². The first-order valence-corrected chi connectivity index (χ1v) is 11.1. The minimum absolute atomic E-state index is 0.679. The number of hydrogen-bond donors (Lipinski definition) is 0. The van der Waals surface area contributed by atoms with Gasteiger partial charge in [0.2, 0.25) is 0 Å². The molecule has 0 N–H and O–H groups in total. The molecule has 0 unspecified atom stereocenters. The van der Waals surface area contributed by atoms with Crippen LogP contribution in [0.25, 0.3) is 55.5 Å². The summed E-state index contributed by atoms with van der Waals surface area (Å²) in [6, 6.07) is 26.8. The highest BCUT2D eigenvalue weighted by atomic mass is 15.3. The molecule has 34 heavy (non-hydrogen) atoms. The van der Waals surface area contributed by atoms with E-state index in [4.69, 9.17) is 5.10 Å². The van der Waals surface area contributed by atoms with Gasteiger partial charge in [-0.3, -0.25) is 4.98 Å². The summed E-state index contributed by atoms with van der Waals surface area (Å²) in [6.07, 6.45) is 9.34. The molecule has 4 heterocycles. The fourth-order valence-electron chi connectivity index (χ4n) is 4.56. The van der Waals surface area contributed by atoms with Crippen molar-refractivity contribution in [3.63, 3.8) is 0 Å². The molecule has 0 amide bonds. The van der Waals surface area contributed by atoms with E-state index >= 15 is 0 Å². The number of pyridine rings is 1. The Morgan fingerprint density at radius 2 is 1.41 bits per heavy atom. The molecule has 160 valence electrons. The van der Waals surface area contributed by atoms with Crippen LogP contribution in [0.2, 0.25) is 0 Å². The number of para-hydroxylation sites is 2. The van der Waals surface area contributed by atoms with E-state index in [1.165, 1.54) is 5.39 Å². The van der Waals surface area contributed by atoms with Gasteiger partial charge < -0.3 is 4.57 Å². The van der Waals surface area contributed by atoms with Crippen LogP contribution in [-0.2, 0) is 0 Å². The van der Waals surface area contributed by atoms with Crippen LogP contribution in [0.5, 0.6) is 0 Å². The van der Waals surface area contributed by atoms with E-state index in [1.54, 1.807) is 12.4 Å². The summed E-state index contributed by atoms with van der Waals surface area (Å²) in [5.74, 6) is 0.679. The molecule has 7 aromatic rings. The van der Waals surface area contributed by atoms with E-state index in [2.05, 4.69) is 74.2 Å². The van der Waals surface area contributed by atoms with Crippen LogP contribution in [0.15, 0.2) is 110 Å². The van der Waals surface area contributed by atoms with Gasteiger partial charge in [-0.2, -0.15) is 5.10 Å². The summed E-state index contributed by atoms with van der Waals surface area (Å²) >= 11 is 0. The first kappa shape index (κ1) is 18.7. The van der Waals surface area contributed by atoms with Gasteiger partial charge in [0.05, 0.1) is 40.3 Å². The summed E-state index contributed by atoms with van der Waals surface area (Å²) in [6.45, 7) is 0. The zero-order valence-electron chi connectivity index (χ0n) is 18.1. The highest BCUT2D eigenvalue weighted by molar-refractivity contribution is 6.13. The molecule has 0 aliphatic heterocycles. The highest BCUT2D eigenvalue weighted by Gasteiger charge is 2.15. The van der Waals surface area contributed by atoms with Crippen molar-refractivity contribution in [2.75, 3.05) is 0 Å². The minimum atomic E-state index is 0.679. The van der Waals surface area contributed by atoms with Gasteiger partial charge in [0, 0.05) is 40.3 Å². The number of fused-ring (bicyclic) bond motifs is 4. The first-order valence-electron chi connectivity index (χ1n) is 11.1. The Balaban J connectivity index is 1.44. The van der Waals surface area contributed by atoms with E-state index in [0.29, 0.717) is 5.82 Å². The number of nitrogens with zero attached hydrogens (tertiary/aromatic N) is 6. The summed E-state index contributed by atoms with van der Waals surface area (Å²) in [5, 5.41) is 8.25. The minimum Gasteiger partial charge on any atom is -0.306 e. The molecule has 0 bridgehead atoms. The Morgan fingerprint density at radius 3 is 2.24 bits per heavy atom. The highest BCUT2D eigenvalue weighted by Crippen LogP contribution is 2.34. The molecule has 0 saturated carbocycles. The second kappa shape index (κ2) is 7.35. The largest absolute Gasteiger partial charge is 0.306 e. The molecule has 0 aliphatic carbocycles. The van der Waals surface area contributed by atoms with E-state index in [9.17, 15) is 0 Å². The molecular formula is C28H18N6. The summed E-state index contributed by atoms with van der Waals surface area (Å²) in [4.78, 5) is 13.4. The fourth-order valence-corrected chi connectivity index (χ4v) is 4.56. The van der Waals surface area contributed by atoms with Crippen molar-refractivity contribution in [3.8, 4) is 22.8 Å². The Morgan fingerprint density at radius 1 is 0.647 bits per heavy atom. The van der Waals surface area contributed by atoms with Crippen LogP contribution in [-0.4, -0.2) is 29.3 Å². The number of benzene rings is 3. The molecule has 0 radical (unpaired) electrons. The Labute approximate surface area is 194 Å². The van der Waals surface area contributed by atoms with Crippen LogP contribution < -0.4 is 0 Å². The third-order valence-electron chi connectivity index (χ3n) is 6.15. The van der Waals surface area contributed by atoms with Crippen molar-refractivity contribution in [2.45, 2.75) is 0 Å². The van der Waals surface area contributed by atoms with Crippen LogP contribution >= 0.6 is 0 Å². The molecular weight excluding hydrogens is 420 g/mol. The topological polar surface area (TPSA) is 61.4 Å². The lowest BCUT2D eigenvalue weighted by atomic mass is 10.1. The average molecular weight is 438 g/mol. The first-order chi connectivity index (χ1) is 16.8. The second-order valence-corrected chi connectivity index (χ2v) is 8.19. The van der Waals surface area contributed by atoms with Crippen LogP contribution in [0.4, 0.5) is 0 Å². The van der Waals surface area contributed by atoms with E-state index in [-0.39, 0.29) is 0 Å². The summed E-state index contributed by atoms with van der Waals surface area (Å²) < 4.78 is 4.16. The molecule has 0 fully saturated rings. The molecule has 0 spiro atoms. The number of hydrogen-bond acceptors (Lipinski definition) is 4. The predicted octanol–water partition coefficient (Wildman–Crippen LogP) is 5.97. The summed E-state index contributed by atoms with van der Waals surface area (Å²) in [7, 11) is 0. The molecule has 4 aromatic heterocycles. The summed E-state index contributed by atoms with van der Waals surface area (Å²) in [5.41, 5.74) is 6.07. The van der Waals surface area contributed by atoms with E-state index in [0.717, 1.165) is 44.3 Å². The second-order valence-electron chi connectivity index (χ2n) is 8.19. The van der Waals surface area contributed by atoms with Crippen LogP contribution in [0, 0.1) is 0 Å². The number of aromatic nitrogens is 6. The van der Waals surface area contributed by atoms with Crippen molar-refractivity contribution in [1.29, 1.82) is 0 Å². The molecule has 0 aliphatic rings. The smallest absolute Gasteiger partial charge is 0.159 e. The Hall–Kier alpha value is -4.84. The van der Waals surface area contributed by atoms with Gasteiger partial charge in [0.15, 0.2) is 5.82 Å². The van der Waals surface area contributed by atoms with Gasteiger partial charge in [0.1, 0.15) is 0 Å². The third-order valence-corrected chi connectivity index (χ3v) is 6.15. The standard InChI is InChI=1S/C28H18N6/c1-2-6-21(7-3-1)33-18-20-14-27-24(15-25(20)32-33)23-8-4-5-9-26(23)34(27)22-16-30-28(31-17-22)19-10-12-29-13-11-19/h1-18H. The third kappa shape index (κ3) is 2.89. The quantitative estimate of drug-likeness (QED) is 0.341. The lowest BCUT2D eigenvalue weighted by molar-refractivity contribution is 0.897. The molecule has 0 atom stereocenters. The van der Waals surface area contributed by atoms with Gasteiger partial charge in [-0.25, -0.2) is 14.6 Å². The van der Waals surface area contributed by atoms with Gasteiger partial charge in [0.25, 0.3) is 0 Å². The van der Waals surface area contributed by atoms with Crippen molar-refractivity contribution < 1.29 is 0 Å². The Kier molecular flexibility index (Phi) is 4.04. The maximum absolute atomic E-state index is 4.84. The average Bonchev–Trinajstić information content (AvgIpc) is 3.47. The normalized spacial score (nSPS) is 11.5. The predicted molar refractivity (Wildman–Crippen MR) is 134 cm³/mol. The molecule has 7 rings (SSSR count). The van der Waals surface area contributed by atoms with Crippen molar-refractivity contribution in [2.24, 2.45) is 0 Å². The molecule has 6 nitrogen and oxygen atoms in total. The van der Waals surface area contributed by atoms with Gasteiger partial charge in [-0.05, 0) is 42.5 Å². The number of rotatable bonds is 3. The van der Waals surface area contributed by atoms with Crippen molar-refractivity contribution in [3.05, 3.63) is 110 Å². The fraction of sp³-hybridized carbons (Fsp3) is 0. The Bertz CT molecular complexity index is 1780. The van der Waals surface area contributed by atoms with E-state index < -0.39 is 0 Å². The van der Waals surface area contributed by atoms with Gasteiger partial charge >= 0.3 is 0 Å². The molecule has 0 saturated heterocycles. The molecule has 3 aromatic carbocycles. The van der Waals surface area contributed by atoms with Crippen molar-refractivity contribution in [1.82, 2.24) is 29.3 Å². The molecule has 6 heteroatoms. The maximum Gasteiger partial charge on any atom is 0.159 e. The maximum atomic E-state index is 4.84.